The van der Waals surface area contributed by atoms with Crippen molar-refractivity contribution in [1.82, 2.24) is 14.7 Å². The molecule has 7 nitrogen and oxygen atoms in total. The maximum atomic E-state index is 13.5. The van der Waals surface area contributed by atoms with Crippen LogP contribution in [-0.2, 0) is 24.6 Å². The molecular weight excluding hydrogens is 454 g/mol. The van der Waals surface area contributed by atoms with Crippen LogP contribution in [0.5, 0.6) is 0 Å². The minimum Gasteiger partial charge on any atom is -0.336 e. The Morgan fingerprint density at radius 1 is 0.861 bits per heavy atom. The van der Waals surface area contributed by atoms with Gasteiger partial charge in [0.05, 0.1) is 12.0 Å². The number of likely N-dealkylation sites (N-methyl/N-ethyl adjacent to an activating group) is 1. The summed E-state index contributed by atoms with van der Waals surface area (Å²) in [5, 5.41) is 0. The Bertz CT molecular complexity index is 1160. The number of hydrogen-bond donors (Lipinski definition) is 0. The predicted octanol–water partition coefficient (Wildman–Crippen LogP) is 3.37. The monoisotopic (exact) mass is 487 g/mol. The van der Waals surface area contributed by atoms with E-state index < -0.39 is 5.41 Å². The molecule has 0 unspecified atom stereocenters. The SMILES string of the molecule is CN1C(=O)C[C@@](CC(=O)N2CCN(C3CCCCC3)C(=O)C2)(c2ccc(-c3ccccc3)cc2)C1=O. The Labute approximate surface area is 212 Å². The lowest BCUT2D eigenvalue weighted by molar-refractivity contribution is -0.149. The van der Waals surface area contributed by atoms with E-state index in [0.29, 0.717) is 18.7 Å². The fourth-order valence-corrected chi connectivity index (χ4v) is 6.01. The van der Waals surface area contributed by atoms with Gasteiger partial charge in [-0.3, -0.25) is 24.1 Å². The number of carbonyl (C=O) groups excluding carboxylic acids is 4. The Balaban J connectivity index is 1.35. The first kappa shape index (κ1) is 24.2. The average molecular weight is 488 g/mol. The van der Waals surface area contributed by atoms with Gasteiger partial charge in [0.1, 0.15) is 0 Å². The Morgan fingerprint density at radius 3 is 2.14 bits per heavy atom. The summed E-state index contributed by atoms with van der Waals surface area (Å²) < 4.78 is 0. The lowest BCUT2D eigenvalue weighted by Gasteiger charge is -2.41. The quantitative estimate of drug-likeness (QED) is 0.606. The van der Waals surface area contributed by atoms with E-state index in [1.165, 1.54) is 13.5 Å². The third-order valence-electron chi connectivity index (χ3n) is 8.16. The number of hydrogen-bond acceptors (Lipinski definition) is 4. The van der Waals surface area contributed by atoms with Crippen LogP contribution in [0.25, 0.3) is 11.1 Å². The molecule has 1 atom stereocenters. The number of benzene rings is 2. The number of amides is 4. The molecule has 2 saturated heterocycles. The van der Waals surface area contributed by atoms with Gasteiger partial charge in [-0.1, -0.05) is 73.9 Å². The molecule has 2 aliphatic heterocycles. The molecule has 0 aromatic heterocycles. The van der Waals surface area contributed by atoms with E-state index in [9.17, 15) is 19.2 Å². The molecule has 0 N–H and O–H groups in total. The summed E-state index contributed by atoms with van der Waals surface area (Å²) in [5.74, 6) is -0.928. The van der Waals surface area contributed by atoms with Gasteiger partial charge in [0.25, 0.3) is 0 Å². The largest absolute Gasteiger partial charge is 0.336 e. The second-order valence-corrected chi connectivity index (χ2v) is 10.3. The summed E-state index contributed by atoms with van der Waals surface area (Å²) in [7, 11) is 1.47. The van der Waals surface area contributed by atoms with Crippen LogP contribution in [0.2, 0.25) is 0 Å². The first-order valence-corrected chi connectivity index (χ1v) is 12.9. The minimum absolute atomic E-state index is 0.0197. The highest BCUT2D eigenvalue weighted by Gasteiger charge is 2.53. The van der Waals surface area contributed by atoms with Crippen LogP contribution in [0.1, 0.15) is 50.5 Å². The molecular formula is C29H33N3O4. The highest BCUT2D eigenvalue weighted by molar-refractivity contribution is 6.10. The predicted molar refractivity (Wildman–Crippen MR) is 136 cm³/mol. The molecule has 5 rings (SSSR count). The van der Waals surface area contributed by atoms with E-state index in [1.807, 2.05) is 59.5 Å². The topological polar surface area (TPSA) is 78.0 Å². The van der Waals surface area contributed by atoms with E-state index >= 15 is 0 Å². The van der Waals surface area contributed by atoms with Crippen LogP contribution in [-0.4, -0.2) is 71.1 Å². The zero-order valence-electron chi connectivity index (χ0n) is 20.8. The molecule has 3 fully saturated rings. The fraction of sp³-hybridized carbons (Fsp3) is 0.448. The first-order valence-electron chi connectivity index (χ1n) is 12.9. The van der Waals surface area contributed by atoms with E-state index in [0.717, 1.165) is 41.7 Å². The Kier molecular flexibility index (Phi) is 6.65. The molecule has 7 heteroatoms. The van der Waals surface area contributed by atoms with Gasteiger partial charge in [-0.2, -0.15) is 0 Å². The standard InChI is InChI=1S/C29H33N3O4/c1-30-25(33)18-29(28(30)36,23-14-12-22(13-15-23)21-8-4-2-5-9-21)19-26(34)31-16-17-32(27(35)20-31)24-10-6-3-7-11-24/h2,4-5,8-9,12-15,24H,3,6-7,10-11,16-20H2,1H3/t29-/m1/s1. The van der Waals surface area contributed by atoms with Crippen molar-refractivity contribution in [3.63, 3.8) is 0 Å². The molecule has 0 bridgehead atoms. The molecule has 188 valence electrons. The second-order valence-electron chi connectivity index (χ2n) is 10.3. The lowest BCUT2D eigenvalue weighted by atomic mass is 9.75. The van der Waals surface area contributed by atoms with Crippen molar-refractivity contribution in [1.29, 1.82) is 0 Å². The summed E-state index contributed by atoms with van der Waals surface area (Å²) in [6, 6.07) is 17.8. The summed E-state index contributed by atoms with van der Waals surface area (Å²) in [6.07, 6.45) is 5.41. The van der Waals surface area contributed by atoms with Crippen LogP contribution >= 0.6 is 0 Å². The average Bonchev–Trinajstić information content (AvgIpc) is 3.13. The van der Waals surface area contributed by atoms with Crippen molar-refractivity contribution in [2.75, 3.05) is 26.7 Å². The maximum Gasteiger partial charge on any atom is 0.242 e. The highest BCUT2D eigenvalue weighted by Crippen LogP contribution is 2.40. The van der Waals surface area contributed by atoms with Gasteiger partial charge in [-0.25, -0.2) is 0 Å². The molecule has 0 radical (unpaired) electrons. The van der Waals surface area contributed by atoms with Crippen molar-refractivity contribution in [2.45, 2.75) is 56.4 Å². The summed E-state index contributed by atoms with van der Waals surface area (Å²) in [6.45, 7) is 1.03. The molecule has 3 aliphatic rings. The van der Waals surface area contributed by atoms with Crippen molar-refractivity contribution in [3.8, 4) is 11.1 Å². The number of rotatable bonds is 5. The second kappa shape index (κ2) is 9.88. The summed E-state index contributed by atoms with van der Waals surface area (Å²) >= 11 is 0. The molecule has 1 aliphatic carbocycles. The number of nitrogens with zero attached hydrogens (tertiary/aromatic N) is 3. The molecule has 1 saturated carbocycles. The summed E-state index contributed by atoms with van der Waals surface area (Å²) in [4.78, 5) is 57.1. The van der Waals surface area contributed by atoms with Gasteiger partial charge in [-0.05, 0) is 29.5 Å². The molecule has 2 aromatic rings. The molecule has 2 aromatic carbocycles. The van der Waals surface area contributed by atoms with Crippen molar-refractivity contribution >= 4 is 23.6 Å². The zero-order chi connectivity index (χ0) is 25.3. The fourth-order valence-electron chi connectivity index (χ4n) is 6.01. The number of carbonyl (C=O) groups is 4. The van der Waals surface area contributed by atoms with Crippen LogP contribution in [0.4, 0.5) is 0 Å². The number of imide groups is 1. The molecule has 2 heterocycles. The number of likely N-dealkylation sites (tertiary alicyclic amines) is 1. The van der Waals surface area contributed by atoms with Gasteiger partial charge in [-0.15, -0.1) is 0 Å². The van der Waals surface area contributed by atoms with Crippen molar-refractivity contribution in [3.05, 3.63) is 60.2 Å². The van der Waals surface area contributed by atoms with Crippen molar-refractivity contribution in [2.24, 2.45) is 0 Å². The third kappa shape index (κ3) is 4.43. The smallest absolute Gasteiger partial charge is 0.242 e. The van der Waals surface area contributed by atoms with Gasteiger partial charge in [0.15, 0.2) is 0 Å². The zero-order valence-corrected chi connectivity index (χ0v) is 20.8. The van der Waals surface area contributed by atoms with Crippen LogP contribution in [0.3, 0.4) is 0 Å². The molecule has 0 spiro atoms. The van der Waals surface area contributed by atoms with Gasteiger partial charge < -0.3 is 9.80 Å². The van der Waals surface area contributed by atoms with Gasteiger partial charge in [0.2, 0.25) is 23.6 Å². The Morgan fingerprint density at radius 2 is 1.53 bits per heavy atom. The first-order chi connectivity index (χ1) is 17.4. The van der Waals surface area contributed by atoms with Crippen LogP contribution < -0.4 is 0 Å². The van der Waals surface area contributed by atoms with Gasteiger partial charge in [0, 0.05) is 39.0 Å². The third-order valence-corrected chi connectivity index (χ3v) is 8.16. The molecule has 36 heavy (non-hydrogen) atoms. The van der Waals surface area contributed by atoms with Crippen molar-refractivity contribution < 1.29 is 19.2 Å². The maximum absolute atomic E-state index is 13.5. The number of piperazine rings is 1. The van der Waals surface area contributed by atoms with Gasteiger partial charge >= 0.3 is 0 Å². The molecule has 4 amide bonds. The van der Waals surface area contributed by atoms with E-state index in [4.69, 9.17) is 0 Å². The van der Waals surface area contributed by atoms with E-state index in [2.05, 4.69) is 0 Å². The summed E-state index contributed by atoms with van der Waals surface area (Å²) in [5.41, 5.74) is 1.46. The lowest BCUT2D eigenvalue weighted by Crippen LogP contribution is -2.56. The normalized spacial score (nSPS) is 23.5. The van der Waals surface area contributed by atoms with E-state index in [-0.39, 0.29) is 49.1 Å². The van der Waals surface area contributed by atoms with Crippen LogP contribution in [0.15, 0.2) is 54.6 Å². The minimum atomic E-state index is -1.25. The van der Waals surface area contributed by atoms with Crippen LogP contribution in [0, 0.1) is 0 Å². The highest BCUT2D eigenvalue weighted by atomic mass is 16.2. The van der Waals surface area contributed by atoms with E-state index in [1.54, 1.807) is 4.90 Å². The Hall–Kier alpha value is -3.48.